The molecule has 2 aliphatic carbocycles. The molecule has 0 amide bonds. The predicted octanol–water partition coefficient (Wildman–Crippen LogP) is -1.49. The van der Waals surface area contributed by atoms with Gasteiger partial charge in [-0.25, -0.2) is 0 Å². The van der Waals surface area contributed by atoms with Crippen molar-refractivity contribution in [2.24, 2.45) is 29.1 Å². The third-order valence-corrected chi connectivity index (χ3v) is 8.33. The molecule has 5 heteroatoms. The van der Waals surface area contributed by atoms with Gasteiger partial charge in [0.25, 0.3) is 0 Å². The summed E-state index contributed by atoms with van der Waals surface area (Å²) in [5.41, 5.74) is -0.383. The van der Waals surface area contributed by atoms with Gasteiger partial charge in [0.15, 0.2) is 0 Å². The van der Waals surface area contributed by atoms with Crippen LogP contribution in [0.4, 0.5) is 0 Å². The number of ether oxygens (including phenoxy) is 2. The van der Waals surface area contributed by atoms with Gasteiger partial charge in [0.1, 0.15) is 0 Å². The van der Waals surface area contributed by atoms with E-state index in [0.717, 1.165) is 18.4 Å². The van der Waals surface area contributed by atoms with Gasteiger partial charge in [-0.3, -0.25) is 0 Å². The number of carbonyl (C=O) groups excluding carboxylic acids is 1. The number of nitrogens with one attached hydrogen (secondary N) is 1. The predicted molar refractivity (Wildman–Crippen MR) is 64.3 cm³/mol. The first-order valence-corrected chi connectivity index (χ1v) is 9.60. The molecule has 0 aromatic heterocycles. The first-order chi connectivity index (χ1) is 9.07. The molecule has 4 nitrogen and oxygen atoms in total. The Balaban J connectivity index is 1.45. The second-order valence-corrected chi connectivity index (χ2v) is 9.48. The van der Waals surface area contributed by atoms with E-state index in [-0.39, 0.29) is 39.2 Å². The summed E-state index contributed by atoms with van der Waals surface area (Å²) in [7, 11) is 0. The summed E-state index contributed by atoms with van der Waals surface area (Å²) in [5.74, 6) is 2.65. The number of rotatable bonds is 3. The summed E-state index contributed by atoms with van der Waals surface area (Å²) >= 11 is 0.0229. The average molecular weight is 378 g/mol. The van der Waals surface area contributed by atoms with Crippen LogP contribution in [0.15, 0.2) is 0 Å². The molecule has 2 heterocycles. The van der Waals surface area contributed by atoms with Crippen LogP contribution in [0, 0.1) is 29.1 Å². The van der Waals surface area contributed by atoms with Crippen molar-refractivity contribution in [3.8, 4) is 0 Å². The molecule has 4 aliphatic rings. The molecule has 1 N–H and O–H groups in total. The SMILES string of the molecule is CC(C)(C(=O)OC1OCC2C3CCC(C3)C12)C1N[I-]1. The quantitative estimate of drug-likeness (QED) is 0.162. The Labute approximate surface area is 124 Å². The van der Waals surface area contributed by atoms with Gasteiger partial charge in [0.2, 0.25) is 0 Å². The van der Waals surface area contributed by atoms with Crippen molar-refractivity contribution in [1.29, 1.82) is 0 Å². The molecule has 2 bridgehead atoms. The summed E-state index contributed by atoms with van der Waals surface area (Å²) in [6.07, 6.45) is 3.75. The minimum absolute atomic E-state index is 0.0229. The van der Waals surface area contributed by atoms with Crippen molar-refractivity contribution in [3.05, 3.63) is 0 Å². The van der Waals surface area contributed by atoms with Crippen molar-refractivity contribution in [2.75, 3.05) is 6.61 Å². The van der Waals surface area contributed by atoms with Gasteiger partial charge < -0.3 is 0 Å². The normalized spacial score (nSPS) is 47.7. The average Bonchev–Trinajstić information content (AvgIpc) is 2.86. The van der Waals surface area contributed by atoms with Gasteiger partial charge in [0.05, 0.1) is 0 Å². The van der Waals surface area contributed by atoms with Crippen LogP contribution < -0.4 is 25.0 Å². The fraction of sp³-hybridized carbons (Fsp3) is 0.929. The monoisotopic (exact) mass is 378 g/mol. The van der Waals surface area contributed by atoms with E-state index < -0.39 is 0 Å². The Morgan fingerprint density at radius 3 is 2.84 bits per heavy atom. The molecule has 2 aliphatic heterocycles. The van der Waals surface area contributed by atoms with E-state index in [1.165, 1.54) is 19.3 Å². The van der Waals surface area contributed by atoms with Gasteiger partial charge in [0, 0.05) is 0 Å². The standard InChI is InChI=1S/C14H21INO3/c1-14(2,12-15-16-12)13(17)19-11-10-8-4-3-7(5-8)9(10)6-18-11/h7-12,16H,3-6H2,1-2H3/q-1. The number of esters is 1. The van der Waals surface area contributed by atoms with Crippen molar-refractivity contribution in [2.45, 2.75) is 43.4 Å². The van der Waals surface area contributed by atoms with Gasteiger partial charge >= 0.3 is 124 Å². The molecule has 0 aromatic carbocycles. The van der Waals surface area contributed by atoms with Crippen molar-refractivity contribution in [3.63, 3.8) is 0 Å². The fourth-order valence-corrected chi connectivity index (χ4v) is 6.21. The number of alkyl halides is 1. The zero-order valence-corrected chi connectivity index (χ0v) is 13.6. The van der Waals surface area contributed by atoms with Crippen molar-refractivity contribution < 1.29 is 35.7 Å². The van der Waals surface area contributed by atoms with E-state index in [9.17, 15) is 4.79 Å². The summed E-state index contributed by atoms with van der Waals surface area (Å²) in [5, 5.41) is 0. The topological polar surface area (TPSA) is 57.5 Å². The van der Waals surface area contributed by atoms with E-state index in [4.69, 9.17) is 9.47 Å². The molecule has 4 rings (SSSR count). The zero-order valence-electron chi connectivity index (χ0n) is 11.4. The second kappa shape index (κ2) is 4.31. The van der Waals surface area contributed by atoms with Gasteiger partial charge in [-0.15, -0.1) is 0 Å². The van der Waals surface area contributed by atoms with Crippen molar-refractivity contribution in [1.82, 2.24) is 3.53 Å². The molecule has 108 valence electrons. The zero-order chi connectivity index (χ0) is 13.2. The third-order valence-electron chi connectivity index (χ3n) is 5.53. The van der Waals surface area contributed by atoms with Crippen LogP contribution in [-0.4, -0.2) is 22.9 Å². The van der Waals surface area contributed by atoms with Crippen LogP contribution in [0.5, 0.6) is 0 Å². The molecular formula is C14H21INO3-. The summed E-state index contributed by atoms with van der Waals surface area (Å²) in [6, 6.07) is 0. The molecule has 6 atom stereocenters. The molecule has 0 aromatic rings. The van der Waals surface area contributed by atoms with Gasteiger partial charge in [-0.2, -0.15) is 0 Å². The molecule has 0 radical (unpaired) electrons. The summed E-state index contributed by atoms with van der Waals surface area (Å²) < 4.78 is 15.3. The minimum atomic E-state index is -0.383. The molecule has 6 unspecified atom stereocenters. The van der Waals surface area contributed by atoms with E-state index in [2.05, 4.69) is 3.53 Å². The van der Waals surface area contributed by atoms with Crippen LogP contribution in [0.25, 0.3) is 0 Å². The second-order valence-electron chi connectivity index (χ2n) is 6.98. The maximum atomic E-state index is 12.4. The van der Waals surface area contributed by atoms with Crippen LogP contribution >= 0.6 is 0 Å². The number of hydrogen-bond donors (Lipinski definition) is 1. The number of fused-ring (bicyclic) bond motifs is 5. The van der Waals surface area contributed by atoms with E-state index in [1.54, 1.807) is 0 Å². The molecule has 19 heavy (non-hydrogen) atoms. The Hall–Kier alpha value is 0.120. The van der Waals surface area contributed by atoms with Crippen LogP contribution in [-0.2, 0) is 14.3 Å². The number of halogens is 1. The molecular weight excluding hydrogens is 357 g/mol. The van der Waals surface area contributed by atoms with E-state index in [1.807, 2.05) is 13.8 Å². The summed E-state index contributed by atoms with van der Waals surface area (Å²) in [4.78, 5) is 12.4. The van der Waals surface area contributed by atoms with Crippen LogP contribution in [0.3, 0.4) is 0 Å². The number of carbonyl (C=O) groups is 1. The molecule has 4 fully saturated rings. The van der Waals surface area contributed by atoms with Crippen molar-refractivity contribution >= 4 is 5.97 Å². The maximum absolute atomic E-state index is 12.4. The Morgan fingerprint density at radius 2 is 2.11 bits per heavy atom. The number of hydrogen-bond acceptors (Lipinski definition) is 4. The Kier molecular flexibility index (Phi) is 2.91. The van der Waals surface area contributed by atoms with Crippen LogP contribution in [0.1, 0.15) is 33.1 Å². The van der Waals surface area contributed by atoms with E-state index >= 15 is 0 Å². The van der Waals surface area contributed by atoms with E-state index in [0.29, 0.717) is 15.9 Å². The fourth-order valence-electron chi connectivity index (χ4n) is 4.22. The van der Waals surface area contributed by atoms with Gasteiger partial charge in [-0.05, 0) is 0 Å². The van der Waals surface area contributed by atoms with Gasteiger partial charge in [-0.1, -0.05) is 0 Å². The summed E-state index contributed by atoms with van der Waals surface area (Å²) in [6.45, 7) is 4.79. The molecule has 2 saturated heterocycles. The molecule has 0 spiro atoms. The first-order valence-electron chi connectivity index (χ1n) is 7.28. The Bertz CT molecular complexity index is 409. The first kappa shape index (κ1) is 12.8. The third kappa shape index (κ3) is 1.95. The Morgan fingerprint density at radius 1 is 1.37 bits per heavy atom. The van der Waals surface area contributed by atoms with Crippen LogP contribution in [0.2, 0.25) is 0 Å². The molecule has 2 saturated carbocycles.